The third kappa shape index (κ3) is 5.90. The molecule has 0 saturated heterocycles. The van der Waals surface area contributed by atoms with Gasteiger partial charge in [-0.2, -0.15) is 0 Å². The van der Waals surface area contributed by atoms with Crippen LogP contribution in [0.3, 0.4) is 0 Å². The van der Waals surface area contributed by atoms with E-state index >= 15 is 0 Å². The number of benzene rings is 1. The van der Waals surface area contributed by atoms with Crippen molar-refractivity contribution >= 4 is 15.9 Å². The van der Waals surface area contributed by atoms with Crippen molar-refractivity contribution in [1.82, 2.24) is 10.2 Å². The fraction of sp³-hybridized carbons (Fsp3) is 0.625. The Morgan fingerprint density at radius 2 is 1.95 bits per heavy atom. The molecular weight excluding hydrogens is 319 g/mol. The van der Waals surface area contributed by atoms with Crippen molar-refractivity contribution in [3.63, 3.8) is 0 Å². The van der Waals surface area contributed by atoms with Gasteiger partial charge in [0.25, 0.3) is 0 Å². The van der Waals surface area contributed by atoms with E-state index in [9.17, 15) is 4.39 Å². The molecule has 0 spiro atoms. The highest BCUT2D eigenvalue weighted by Gasteiger charge is 2.12. The Hall–Kier alpha value is -0.450. The number of likely N-dealkylation sites (N-methyl/N-ethyl adjacent to an activating group) is 1. The molecule has 0 saturated carbocycles. The summed E-state index contributed by atoms with van der Waals surface area (Å²) in [5.41, 5.74) is 1.16. The Balaban J connectivity index is 2.61. The minimum Gasteiger partial charge on any atom is -0.314 e. The molecule has 0 radical (unpaired) electrons. The summed E-state index contributed by atoms with van der Waals surface area (Å²) >= 11 is 3.46. The SMILES string of the molecule is CCNC(CCN(CC)CC)Cc1ccc(F)cc1Br. The van der Waals surface area contributed by atoms with Crippen LogP contribution < -0.4 is 5.32 Å². The molecule has 0 heterocycles. The van der Waals surface area contributed by atoms with Gasteiger partial charge in [0.2, 0.25) is 0 Å². The Kier molecular flexibility index (Phi) is 8.34. The van der Waals surface area contributed by atoms with E-state index in [1.165, 1.54) is 6.07 Å². The first-order valence-electron chi connectivity index (χ1n) is 7.50. The van der Waals surface area contributed by atoms with Crippen LogP contribution >= 0.6 is 15.9 Å². The molecule has 114 valence electrons. The average molecular weight is 345 g/mol. The van der Waals surface area contributed by atoms with E-state index in [0.717, 1.165) is 49.1 Å². The minimum absolute atomic E-state index is 0.191. The first-order chi connectivity index (χ1) is 9.60. The third-order valence-electron chi connectivity index (χ3n) is 3.66. The van der Waals surface area contributed by atoms with Gasteiger partial charge in [0.15, 0.2) is 0 Å². The molecule has 1 unspecified atom stereocenters. The summed E-state index contributed by atoms with van der Waals surface area (Å²) in [5.74, 6) is -0.191. The number of rotatable bonds is 9. The van der Waals surface area contributed by atoms with E-state index in [0.29, 0.717) is 6.04 Å². The monoisotopic (exact) mass is 344 g/mol. The van der Waals surface area contributed by atoms with E-state index in [4.69, 9.17) is 0 Å². The Morgan fingerprint density at radius 1 is 1.25 bits per heavy atom. The topological polar surface area (TPSA) is 15.3 Å². The van der Waals surface area contributed by atoms with Gasteiger partial charge in [0, 0.05) is 10.5 Å². The van der Waals surface area contributed by atoms with Gasteiger partial charge in [-0.3, -0.25) is 0 Å². The summed E-state index contributed by atoms with van der Waals surface area (Å²) in [4.78, 5) is 2.43. The normalized spacial score (nSPS) is 12.9. The van der Waals surface area contributed by atoms with Gasteiger partial charge in [-0.15, -0.1) is 0 Å². The largest absolute Gasteiger partial charge is 0.314 e. The maximum atomic E-state index is 13.1. The van der Waals surface area contributed by atoms with Crippen LogP contribution in [0.1, 0.15) is 32.8 Å². The fourth-order valence-electron chi connectivity index (χ4n) is 2.40. The van der Waals surface area contributed by atoms with Crippen LogP contribution in [0.25, 0.3) is 0 Å². The predicted molar refractivity (Wildman–Crippen MR) is 87.7 cm³/mol. The highest BCUT2D eigenvalue weighted by atomic mass is 79.9. The maximum Gasteiger partial charge on any atom is 0.124 e. The van der Waals surface area contributed by atoms with Crippen LogP contribution in [-0.4, -0.2) is 37.1 Å². The number of nitrogens with one attached hydrogen (secondary N) is 1. The summed E-state index contributed by atoms with van der Waals surface area (Å²) < 4.78 is 14.0. The minimum atomic E-state index is -0.191. The summed E-state index contributed by atoms with van der Waals surface area (Å²) in [6, 6.07) is 5.39. The summed E-state index contributed by atoms with van der Waals surface area (Å²) in [6.07, 6.45) is 2.04. The molecule has 2 nitrogen and oxygen atoms in total. The van der Waals surface area contributed by atoms with Gasteiger partial charge >= 0.3 is 0 Å². The van der Waals surface area contributed by atoms with Gasteiger partial charge in [0.05, 0.1) is 0 Å². The molecule has 0 aliphatic rings. The van der Waals surface area contributed by atoms with E-state index in [2.05, 4.69) is 46.9 Å². The first-order valence-corrected chi connectivity index (χ1v) is 8.29. The zero-order valence-corrected chi connectivity index (χ0v) is 14.3. The van der Waals surface area contributed by atoms with Crippen LogP contribution in [0.4, 0.5) is 4.39 Å². The highest BCUT2D eigenvalue weighted by molar-refractivity contribution is 9.10. The highest BCUT2D eigenvalue weighted by Crippen LogP contribution is 2.20. The van der Waals surface area contributed by atoms with Gasteiger partial charge < -0.3 is 10.2 Å². The molecule has 0 aliphatic carbocycles. The lowest BCUT2D eigenvalue weighted by Crippen LogP contribution is -2.35. The van der Waals surface area contributed by atoms with Crippen molar-refractivity contribution in [2.45, 2.75) is 39.7 Å². The molecule has 0 aromatic heterocycles. The summed E-state index contributed by atoms with van der Waals surface area (Å²) in [5, 5.41) is 3.54. The van der Waals surface area contributed by atoms with Crippen LogP contribution in [-0.2, 0) is 6.42 Å². The van der Waals surface area contributed by atoms with Crippen molar-refractivity contribution < 1.29 is 4.39 Å². The molecule has 1 aromatic rings. The van der Waals surface area contributed by atoms with E-state index < -0.39 is 0 Å². The summed E-state index contributed by atoms with van der Waals surface area (Å²) in [7, 11) is 0. The number of nitrogens with zero attached hydrogens (tertiary/aromatic N) is 1. The molecule has 1 rings (SSSR count). The van der Waals surface area contributed by atoms with Crippen LogP contribution in [0.15, 0.2) is 22.7 Å². The standard InChI is InChI=1S/C16H26BrFN2/c1-4-19-15(9-10-20(5-2)6-3)11-13-7-8-14(18)12-16(13)17/h7-8,12,15,19H,4-6,9-11H2,1-3H3. The van der Waals surface area contributed by atoms with Crippen LogP contribution in [0.5, 0.6) is 0 Å². The van der Waals surface area contributed by atoms with Crippen LogP contribution in [0, 0.1) is 5.82 Å². The number of hydrogen-bond acceptors (Lipinski definition) is 2. The fourth-order valence-corrected chi connectivity index (χ4v) is 2.91. The Labute approximate surface area is 130 Å². The second-order valence-corrected chi connectivity index (χ2v) is 5.86. The van der Waals surface area contributed by atoms with Crippen LogP contribution in [0.2, 0.25) is 0 Å². The zero-order valence-electron chi connectivity index (χ0n) is 12.8. The molecule has 1 aromatic carbocycles. The van der Waals surface area contributed by atoms with Crippen molar-refractivity contribution in [1.29, 1.82) is 0 Å². The quantitative estimate of drug-likeness (QED) is 0.732. The number of hydrogen-bond donors (Lipinski definition) is 1. The molecular formula is C16H26BrFN2. The first kappa shape index (κ1) is 17.6. The molecule has 4 heteroatoms. The summed E-state index contributed by atoms with van der Waals surface area (Å²) in [6.45, 7) is 10.8. The second kappa shape index (κ2) is 9.48. The molecule has 0 bridgehead atoms. The predicted octanol–water partition coefficient (Wildman–Crippen LogP) is 3.84. The van der Waals surface area contributed by atoms with Crippen molar-refractivity contribution in [2.24, 2.45) is 0 Å². The van der Waals surface area contributed by atoms with E-state index in [1.807, 2.05) is 6.07 Å². The smallest absolute Gasteiger partial charge is 0.124 e. The molecule has 1 atom stereocenters. The lowest BCUT2D eigenvalue weighted by atomic mass is 10.0. The zero-order chi connectivity index (χ0) is 15.0. The van der Waals surface area contributed by atoms with Crippen molar-refractivity contribution in [3.8, 4) is 0 Å². The Morgan fingerprint density at radius 3 is 2.50 bits per heavy atom. The molecule has 0 amide bonds. The molecule has 0 fully saturated rings. The molecule has 1 N–H and O–H groups in total. The molecule has 0 aliphatic heterocycles. The Bertz CT molecular complexity index is 394. The average Bonchev–Trinajstić information content (AvgIpc) is 2.43. The van der Waals surface area contributed by atoms with Gasteiger partial charge in [-0.1, -0.05) is 42.8 Å². The van der Waals surface area contributed by atoms with Crippen molar-refractivity contribution in [2.75, 3.05) is 26.2 Å². The third-order valence-corrected chi connectivity index (χ3v) is 4.40. The molecule has 20 heavy (non-hydrogen) atoms. The van der Waals surface area contributed by atoms with E-state index in [1.54, 1.807) is 6.07 Å². The lowest BCUT2D eigenvalue weighted by molar-refractivity contribution is 0.281. The van der Waals surface area contributed by atoms with Gasteiger partial charge in [-0.05, 0) is 56.7 Å². The van der Waals surface area contributed by atoms with Crippen molar-refractivity contribution in [3.05, 3.63) is 34.1 Å². The van der Waals surface area contributed by atoms with Gasteiger partial charge in [0.1, 0.15) is 5.82 Å². The van der Waals surface area contributed by atoms with Gasteiger partial charge in [-0.25, -0.2) is 4.39 Å². The second-order valence-electron chi connectivity index (χ2n) is 5.01. The van der Waals surface area contributed by atoms with E-state index in [-0.39, 0.29) is 5.82 Å². The number of halogens is 2. The maximum absolute atomic E-state index is 13.1. The lowest BCUT2D eigenvalue weighted by Gasteiger charge is -2.23.